The highest BCUT2D eigenvalue weighted by Crippen LogP contribution is 2.26. The van der Waals surface area contributed by atoms with Crippen LogP contribution >= 0.6 is 0 Å². The Kier molecular flexibility index (Phi) is 6.64. The first-order valence-corrected chi connectivity index (χ1v) is 9.16. The number of benzene rings is 1. The highest BCUT2D eigenvalue weighted by atomic mass is 16.5. The number of rotatable bonds is 6. The van der Waals surface area contributed by atoms with Gasteiger partial charge in [0.05, 0.1) is 19.6 Å². The molecule has 0 saturated carbocycles. The number of methoxy groups -OCH3 is 1. The molecule has 26 heavy (non-hydrogen) atoms. The van der Waals surface area contributed by atoms with Crippen molar-refractivity contribution in [2.24, 2.45) is 0 Å². The fourth-order valence-electron chi connectivity index (χ4n) is 3.23. The van der Waals surface area contributed by atoms with E-state index in [1.54, 1.807) is 19.1 Å². The Labute approximate surface area is 156 Å². The van der Waals surface area contributed by atoms with Crippen molar-refractivity contribution in [1.82, 2.24) is 15.1 Å². The second-order valence-electron chi connectivity index (χ2n) is 7.26. The summed E-state index contributed by atoms with van der Waals surface area (Å²) >= 11 is 0. The van der Waals surface area contributed by atoms with Crippen LogP contribution in [0.4, 0.5) is 0 Å². The van der Waals surface area contributed by atoms with Crippen LogP contribution in [0.5, 0.6) is 5.75 Å². The average Bonchev–Trinajstić information content (AvgIpc) is 2.61. The van der Waals surface area contributed by atoms with Crippen molar-refractivity contribution in [3.8, 4) is 5.75 Å². The molecule has 0 aromatic heterocycles. The van der Waals surface area contributed by atoms with E-state index in [0.717, 1.165) is 23.4 Å². The van der Waals surface area contributed by atoms with Gasteiger partial charge in [-0.1, -0.05) is 6.07 Å². The summed E-state index contributed by atoms with van der Waals surface area (Å²) in [5.74, 6) is 0.798. The minimum Gasteiger partial charge on any atom is -0.496 e. The smallest absolute Gasteiger partial charge is 0.237 e. The van der Waals surface area contributed by atoms with Crippen molar-refractivity contribution >= 4 is 11.8 Å². The van der Waals surface area contributed by atoms with Gasteiger partial charge in [0.1, 0.15) is 5.75 Å². The van der Waals surface area contributed by atoms with Gasteiger partial charge in [-0.25, -0.2) is 0 Å². The average molecular weight is 361 g/mol. The third kappa shape index (κ3) is 4.36. The topological polar surface area (TPSA) is 61.9 Å². The fraction of sp³-hybridized carbons (Fsp3) is 0.600. The van der Waals surface area contributed by atoms with E-state index in [-0.39, 0.29) is 24.3 Å². The van der Waals surface area contributed by atoms with E-state index in [9.17, 15) is 9.59 Å². The summed E-state index contributed by atoms with van der Waals surface area (Å²) in [6.07, 6.45) is 0.203. The Morgan fingerprint density at radius 2 is 2.04 bits per heavy atom. The van der Waals surface area contributed by atoms with Crippen LogP contribution in [0.25, 0.3) is 0 Å². The van der Waals surface area contributed by atoms with Gasteiger partial charge >= 0.3 is 0 Å². The van der Waals surface area contributed by atoms with Crippen molar-refractivity contribution in [1.29, 1.82) is 0 Å². The Morgan fingerprint density at radius 3 is 2.65 bits per heavy atom. The summed E-state index contributed by atoms with van der Waals surface area (Å²) in [5, 5.41) is 2.89. The minimum absolute atomic E-state index is 0.00492. The molecule has 1 heterocycles. The molecule has 144 valence electrons. The van der Waals surface area contributed by atoms with Gasteiger partial charge in [-0.15, -0.1) is 0 Å². The molecule has 0 spiro atoms. The second-order valence-corrected chi connectivity index (χ2v) is 7.26. The summed E-state index contributed by atoms with van der Waals surface area (Å²) in [6.45, 7) is 10.0. The molecule has 1 atom stereocenters. The SMILES string of the molecule is COc1ccc(CN2CCNC(=O)C2CC(=O)N(C)C(C)C)c(C)c1C. The number of nitrogens with one attached hydrogen (secondary N) is 1. The molecule has 1 saturated heterocycles. The molecule has 6 nitrogen and oxygen atoms in total. The Morgan fingerprint density at radius 1 is 1.35 bits per heavy atom. The Hall–Kier alpha value is -2.08. The Balaban J connectivity index is 2.19. The summed E-state index contributed by atoms with van der Waals surface area (Å²) in [5.41, 5.74) is 3.44. The van der Waals surface area contributed by atoms with Gasteiger partial charge in [-0.2, -0.15) is 0 Å². The van der Waals surface area contributed by atoms with Crippen LogP contribution in [0.3, 0.4) is 0 Å². The van der Waals surface area contributed by atoms with Crippen LogP contribution in [0.1, 0.15) is 37.0 Å². The number of piperazine rings is 1. The molecular weight excluding hydrogens is 330 g/mol. The van der Waals surface area contributed by atoms with E-state index < -0.39 is 6.04 Å². The molecule has 1 fully saturated rings. The van der Waals surface area contributed by atoms with Gasteiger partial charge in [0, 0.05) is 32.7 Å². The third-order valence-corrected chi connectivity index (χ3v) is 5.42. The number of ether oxygens (including phenoxy) is 1. The van der Waals surface area contributed by atoms with Crippen molar-refractivity contribution in [2.45, 2.75) is 52.7 Å². The molecule has 0 aliphatic carbocycles. The van der Waals surface area contributed by atoms with E-state index in [0.29, 0.717) is 13.1 Å². The van der Waals surface area contributed by atoms with E-state index in [1.165, 1.54) is 5.56 Å². The van der Waals surface area contributed by atoms with E-state index in [4.69, 9.17) is 4.74 Å². The summed E-state index contributed by atoms with van der Waals surface area (Å²) in [6, 6.07) is 3.70. The first-order chi connectivity index (χ1) is 12.3. The first kappa shape index (κ1) is 20.2. The van der Waals surface area contributed by atoms with Gasteiger partial charge in [0.15, 0.2) is 0 Å². The van der Waals surface area contributed by atoms with Crippen molar-refractivity contribution in [3.05, 3.63) is 28.8 Å². The van der Waals surface area contributed by atoms with E-state index >= 15 is 0 Å². The molecule has 1 aromatic carbocycles. The standard InChI is InChI=1S/C20H31N3O3/c1-13(2)22(5)19(24)11-17-20(25)21-9-10-23(17)12-16-7-8-18(26-6)15(4)14(16)3/h7-8,13,17H,9-12H2,1-6H3,(H,21,25). The molecule has 0 bridgehead atoms. The van der Waals surface area contributed by atoms with E-state index in [1.807, 2.05) is 32.9 Å². The maximum atomic E-state index is 12.5. The van der Waals surface area contributed by atoms with E-state index in [2.05, 4.69) is 17.1 Å². The highest BCUT2D eigenvalue weighted by molar-refractivity contribution is 5.88. The van der Waals surface area contributed by atoms with Crippen molar-refractivity contribution in [3.63, 3.8) is 0 Å². The van der Waals surface area contributed by atoms with Crippen molar-refractivity contribution < 1.29 is 14.3 Å². The van der Waals surface area contributed by atoms with Crippen LogP contribution in [0, 0.1) is 13.8 Å². The highest BCUT2D eigenvalue weighted by Gasteiger charge is 2.33. The number of carbonyl (C=O) groups is 2. The maximum Gasteiger partial charge on any atom is 0.237 e. The lowest BCUT2D eigenvalue weighted by Gasteiger charge is -2.36. The molecule has 1 N–H and O–H groups in total. The van der Waals surface area contributed by atoms with Gasteiger partial charge in [0.2, 0.25) is 11.8 Å². The van der Waals surface area contributed by atoms with Gasteiger partial charge in [-0.3, -0.25) is 14.5 Å². The normalized spacial score (nSPS) is 18.0. The maximum absolute atomic E-state index is 12.5. The largest absolute Gasteiger partial charge is 0.496 e. The quantitative estimate of drug-likeness (QED) is 0.840. The lowest BCUT2D eigenvalue weighted by atomic mass is 10.00. The lowest BCUT2D eigenvalue weighted by molar-refractivity contribution is -0.139. The van der Waals surface area contributed by atoms with Gasteiger partial charge < -0.3 is 15.0 Å². The number of hydrogen-bond donors (Lipinski definition) is 1. The molecule has 1 aliphatic heterocycles. The van der Waals surface area contributed by atoms with Crippen LogP contribution in [0.2, 0.25) is 0 Å². The zero-order chi connectivity index (χ0) is 19.4. The molecule has 1 unspecified atom stereocenters. The molecule has 2 amide bonds. The van der Waals surface area contributed by atoms with Crippen LogP contribution in [0.15, 0.2) is 12.1 Å². The number of carbonyl (C=O) groups excluding carboxylic acids is 2. The minimum atomic E-state index is -0.431. The summed E-state index contributed by atoms with van der Waals surface area (Å²) < 4.78 is 5.38. The van der Waals surface area contributed by atoms with Crippen molar-refractivity contribution in [2.75, 3.05) is 27.2 Å². The first-order valence-electron chi connectivity index (χ1n) is 9.16. The monoisotopic (exact) mass is 361 g/mol. The van der Waals surface area contributed by atoms with Gasteiger partial charge in [-0.05, 0) is 50.5 Å². The predicted octanol–water partition coefficient (Wildman–Crippen LogP) is 1.87. The summed E-state index contributed by atoms with van der Waals surface area (Å²) in [4.78, 5) is 28.7. The molecule has 1 aromatic rings. The predicted molar refractivity (Wildman–Crippen MR) is 102 cm³/mol. The molecule has 6 heteroatoms. The van der Waals surface area contributed by atoms with Crippen LogP contribution < -0.4 is 10.1 Å². The number of amides is 2. The lowest BCUT2D eigenvalue weighted by Crippen LogP contribution is -2.56. The summed E-state index contributed by atoms with van der Waals surface area (Å²) in [7, 11) is 3.46. The molecule has 1 aliphatic rings. The zero-order valence-electron chi connectivity index (χ0n) is 16.8. The Bertz CT molecular complexity index is 673. The number of hydrogen-bond acceptors (Lipinski definition) is 4. The molecule has 0 radical (unpaired) electrons. The second kappa shape index (κ2) is 8.54. The molecular formula is C20H31N3O3. The fourth-order valence-corrected chi connectivity index (χ4v) is 3.23. The number of nitrogens with zero attached hydrogens (tertiary/aromatic N) is 2. The van der Waals surface area contributed by atoms with Crippen LogP contribution in [-0.2, 0) is 16.1 Å². The zero-order valence-corrected chi connectivity index (χ0v) is 16.8. The third-order valence-electron chi connectivity index (χ3n) is 5.42. The molecule has 2 rings (SSSR count). The van der Waals surface area contributed by atoms with Gasteiger partial charge in [0.25, 0.3) is 0 Å². The van der Waals surface area contributed by atoms with Crippen LogP contribution in [-0.4, -0.2) is 60.9 Å².